The second kappa shape index (κ2) is 8.35. The van der Waals surface area contributed by atoms with Gasteiger partial charge < -0.3 is 9.88 Å². The molecule has 1 aliphatic rings. The number of nitrogens with zero attached hydrogens (tertiary/aromatic N) is 4. The molecular formula is C22H25N5O. The summed E-state index contributed by atoms with van der Waals surface area (Å²) in [6, 6.07) is 13.3. The van der Waals surface area contributed by atoms with Crippen LogP contribution in [0.5, 0.6) is 0 Å². The third kappa shape index (κ3) is 4.46. The molecule has 0 radical (unpaired) electrons. The lowest BCUT2D eigenvalue weighted by atomic mass is 10.2. The van der Waals surface area contributed by atoms with E-state index in [0.717, 1.165) is 42.4 Å². The fourth-order valence-electron chi connectivity index (χ4n) is 3.68. The molecule has 0 atom stereocenters. The first-order chi connectivity index (χ1) is 13.7. The molecule has 1 fully saturated rings. The van der Waals surface area contributed by atoms with Crippen LogP contribution in [0.1, 0.15) is 24.2 Å². The molecule has 0 saturated carbocycles. The number of anilines is 1. The van der Waals surface area contributed by atoms with Gasteiger partial charge in [-0.3, -0.25) is 19.7 Å². The Morgan fingerprint density at radius 1 is 1.04 bits per heavy atom. The highest BCUT2D eigenvalue weighted by molar-refractivity contribution is 5.61. The van der Waals surface area contributed by atoms with Gasteiger partial charge in [-0.25, -0.2) is 0 Å². The zero-order valence-electron chi connectivity index (χ0n) is 16.1. The SMILES string of the molecule is CN(Cc1ccccn1)Cc1cc(=O)cc(-c2cc(N3CCCC3)ccn2)[nH]1. The Labute approximate surface area is 164 Å². The summed E-state index contributed by atoms with van der Waals surface area (Å²) in [6.07, 6.45) is 6.07. The van der Waals surface area contributed by atoms with Crippen LogP contribution in [-0.2, 0) is 13.1 Å². The van der Waals surface area contributed by atoms with Crippen LogP contribution >= 0.6 is 0 Å². The molecule has 4 rings (SSSR count). The number of H-pyrrole nitrogens is 1. The molecule has 4 heterocycles. The van der Waals surface area contributed by atoms with E-state index in [1.54, 1.807) is 18.3 Å². The molecule has 0 spiro atoms. The standard InChI is InChI=1S/C22H25N5O/c1-26(15-17-6-2-3-8-23-17)16-18-12-20(28)14-22(25-18)21-13-19(7-9-24-21)27-10-4-5-11-27/h2-3,6-9,12-14H,4-5,10-11,15-16H2,1H3,(H,25,28). The number of hydrogen-bond donors (Lipinski definition) is 1. The van der Waals surface area contributed by atoms with Gasteiger partial charge in [0.1, 0.15) is 0 Å². The zero-order valence-corrected chi connectivity index (χ0v) is 16.1. The number of rotatable bonds is 6. The van der Waals surface area contributed by atoms with Gasteiger partial charge >= 0.3 is 0 Å². The summed E-state index contributed by atoms with van der Waals surface area (Å²) in [5.74, 6) is 0. The Morgan fingerprint density at radius 2 is 1.89 bits per heavy atom. The van der Waals surface area contributed by atoms with Gasteiger partial charge in [0.2, 0.25) is 0 Å². The van der Waals surface area contributed by atoms with Gasteiger partial charge in [-0.05, 0) is 44.2 Å². The highest BCUT2D eigenvalue weighted by Gasteiger charge is 2.14. The molecule has 3 aromatic rings. The zero-order chi connectivity index (χ0) is 19.3. The van der Waals surface area contributed by atoms with Crippen LogP contribution in [0.3, 0.4) is 0 Å². The number of nitrogens with one attached hydrogen (secondary N) is 1. The molecular weight excluding hydrogens is 350 g/mol. The monoisotopic (exact) mass is 375 g/mol. The lowest BCUT2D eigenvalue weighted by Gasteiger charge is -2.18. The van der Waals surface area contributed by atoms with Crippen LogP contribution in [0.4, 0.5) is 5.69 Å². The average molecular weight is 375 g/mol. The summed E-state index contributed by atoms with van der Waals surface area (Å²) >= 11 is 0. The van der Waals surface area contributed by atoms with Crippen molar-refractivity contribution < 1.29 is 0 Å². The first-order valence-corrected chi connectivity index (χ1v) is 9.70. The van der Waals surface area contributed by atoms with Crippen molar-refractivity contribution in [1.29, 1.82) is 0 Å². The van der Waals surface area contributed by atoms with Crippen LogP contribution in [-0.4, -0.2) is 40.0 Å². The van der Waals surface area contributed by atoms with Crippen molar-refractivity contribution in [2.24, 2.45) is 0 Å². The van der Waals surface area contributed by atoms with E-state index in [2.05, 4.69) is 30.8 Å². The minimum Gasteiger partial charge on any atom is -0.371 e. The van der Waals surface area contributed by atoms with Crippen LogP contribution in [0.15, 0.2) is 59.7 Å². The smallest absolute Gasteiger partial charge is 0.182 e. The lowest BCUT2D eigenvalue weighted by molar-refractivity contribution is 0.311. The van der Waals surface area contributed by atoms with E-state index in [1.807, 2.05) is 37.5 Å². The van der Waals surface area contributed by atoms with Gasteiger partial charge in [-0.15, -0.1) is 0 Å². The van der Waals surface area contributed by atoms with E-state index in [0.29, 0.717) is 6.54 Å². The minimum absolute atomic E-state index is 0.0108. The van der Waals surface area contributed by atoms with E-state index < -0.39 is 0 Å². The molecule has 144 valence electrons. The molecule has 1 saturated heterocycles. The normalized spacial score (nSPS) is 14.0. The molecule has 0 bridgehead atoms. The third-order valence-electron chi connectivity index (χ3n) is 4.99. The second-order valence-corrected chi connectivity index (χ2v) is 7.34. The molecule has 6 heteroatoms. The maximum absolute atomic E-state index is 12.3. The minimum atomic E-state index is -0.0108. The van der Waals surface area contributed by atoms with Crippen LogP contribution in [0.25, 0.3) is 11.4 Å². The topological polar surface area (TPSA) is 65.1 Å². The van der Waals surface area contributed by atoms with Crippen molar-refractivity contribution in [2.45, 2.75) is 25.9 Å². The lowest BCUT2D eigenvalue weighted by Crippen LogP contribution is -2.20. The van der Waals surface area contributed by atoms with Crippen molar-refractivity contribution >= 4 is 5.69 Å². The molecule has 0 amide bonds. The fraction of sp³-hybridized carbons (Fsp3) is 0.318. The summed E-state index contributed by atoms with van der Waals surface area (Å²) < 4.78 is 0. The van der Waals surface area contributed by atoms with Crippen molar-refractivity contribution in [3.05, 3.63) is 76.5 Å². The van der Waals surface area contributed by atoms with Crippen LogP contribution in [0, 0.1) is 0 Å². The van der Waals surface area contributed by atoms with E-state index >= 15 is 0 Å². The van der Waals surface area contributed by atoms with Crippen LogP contribution in [0.2, 0.25) is 0 Å². The first-order valence-electron chi connectivity index (χ1n) is 9.70. The molecule has 0 aliphatic carbocycles. The largest absolute Gasteiger partial charge is 0.371 e. The van der Waals surface area contributed by atoms with Crippen molar-refractivity contribution in [2.75, 3.05) is 25.0 Å². The number of hydrogen-bond acceptors (Lipinski definition) is 5. The Morgan fingerprint density at radius 3 is 2.68 bits per heavy atom. The molecule has 1 N–H and O–H groups in total. The number of aromatic nitrogens is 3. The maximum Gasteiger partial charge on any atom is 0.182 e. The van der Waals surface area contributed by atoms with Crippen molar-refractivity contribution in [3.63, 3.8) is 0 Å². The second-order valence-electron chi connectivity index (χ2n) is 7.34. The molecule has 28 heavy (non-hydrogen) atoms. The summed E-state index contributed by atoms with van der Waals surface area (Å²) in [6.45, 7) is 3.51. The van der Waals surface area contributed by atoms with Gasteiger partial charge in [0.05, 0.1) is 17.1 Å². The van der Waals surface area contributed by atoms with Gasteiger partial charge in [0.25, 0.3) is 0 Å². The fourth-order valence-corrected chi connectivity index (χ4v) is 3.68. The summed E-state index contributed by atoms with van der Waals surface area (Å²) in [4.78, 5) is 29.0. The summed E-state index contributed by atoms with van der Waals surface area (Å²) in [5, 5.41) is 0. The van der Waals surface area contributed by atoms with E-state index in [-0.39, 0.29) is 5.43 Å². The summed E-state index contributed by atoms with van der Waals surface area (Å²) in [5.41, 5.74) is 4.59. The third-order valence-corrected chi connectivity index (χ3v) is 4.99. The van der Waals surface area contributed by atoms with E-state index in [1.165, 1.54) is 18.5 Å². The van der Waals surface area contributed by atoms with Gasteiger partial charge in [0.15, 0.2) is 5.43 Å². The maximum atomic E-state index is 12.3. The molecule has 0 aromatic carbocycles. The highest BCUT2D eigenvalue weighted by Crippen LogP contribution is 2.24. The first kappa shape index (κ1) is 18.4. The van der Waals surface area contributed by atoms with Crippen molar-refractivity contribution in [1.82, 2.24) is 19.9 Å². The highest BCUT2D eigenvalue weighted by atomic mass is 16.1. The molecule has 3 aromatic heterocycles. The molecule has 1 aliphatic heterocycles. The van der Waals surface area contributed by atoms with Crippen molar-refractivity contribution in [3.8, 4) is 11.4 Å². The predicted molar refractivity (Wildman–Crippen MR) is 111 cm³/mol. The Bertz CT molecular complexity index is 979. The number of aromatic amines is 1. The van der Waals surface area contributed by atoms with Gasteiger partial charge in [-0.1, -0.05) is 6.07 Å². The molecule has 0 unspecified atom stereocenters. The van der Waals surface area contributed by atoms with E-state index in [4.69, 9.17) is 0 Å². The Balaban J connectivity index is 1.54. The van der Waals surface area contributed by atoms with Gasteiger partial charge in [-0.2, -0.15) is 0 Å². The molecule has 6 nitrogen and oxygen atoms in total. The Hall–Kier alpha value is -2.99. The van der Waals surface area contributed by atoms with Crippen LogP contribution < -0.4 is 10.3 Å². The summed E-state index contributed by atoms with van der Waals surface area (Å²) in [7, 11) is 2.02. The average Bonchev–Trinajstić information content (AvgIpc) is 3.23. The predicted octanol–water partition coefficient (Wildman–Crippen LogP) is 3.06. The Kier molecular flexibility index (Phi) is 5.48. The van der Waals surface area contributed by atoms with Gasteiger partial charge in [0, 0.05) is 62.1 Å². The number of pyridine rings is 3. The quantitative estimate of drug-likeness (QED) is 0.717. The van der Waals surface area contributed by atoms with E-state index in [9.17, 15) is 4.79 Å².